The monoisotopic (exact) mass is 294 g/mol. The average Bonchev–Trinajstić information content (AvgIpc) is 2.81. The number of aromatic nitrogens is 1. The topological polar surface area (TPSA) is 53.4 Å². The molecule has 2 fully saturated rings. The van der Waals surface area contributed by atoms with Crippen molar-refractivity contribution in [2.75, 3.05) is 0 Å². The van der Waals surface area contributed by atoms with E-state index < -0.39 is 5.97 Å². The number of hydrogen-bond acceptors (Lipinski definition) is 3. The summed E-state index contributed by atoms with van der Waals surface area (Å²) in [6.45, 7) is 0.611. The summed E-state index contributed by atoms with van der Waals surface area (Å²) < 4.78 is 0. The Bertz CT molecular complexity index is 508. The van der Waals surface area contributed by atoms with Crippen molar-refractivity contribution in [2.24, 2.45) is 5.92 Å². The van der Waals surface area contributed by atoms with Crippen LogP contribution in [0, 0.1) is 5.92 Å². The summed E-state index contributed by atoms with van der Waals surface area (Å²) in [5.41, 5.74) is 0.971. The number of fused-ring (bicyclic) bond motifs is 1. The van der Waals surface area contributed by atoms with E-state index in [1.54, 1.807) is 12.4 Å². The van der Waals surface area contributed by atoms with Crippen LogP contribution in [0.4, 0.5) is 0 Å². The Morgan fingerprint density at radius 3 is 3.00 bits per heavy atom. The van der Waals surface area contributed by atoms with Crippen molar-refractivity contribution in [1.82, 2.24) is 9.88 Å². The number of halogens is 1. The molecule has 0 amide bonds. The summed E-state index contributed by atoms with van der Waals surface area (Å²) in [5.74, 6) is -0.171. The Kier molecular flexibility index (Phi) is 3.94. The molecule has 1 aromatic heterocycles. The average molecular weight is 295 g/mol. The predicted molar refractivity (Wildman–Crippen MR) is 76.6 cm³/mol. The summed E-state index contributed by atoms with van der Waals surface area (Å²) in [7, 11) is 0. The van der Waals surface area contributed by atoms with Crippen molar-refractivity contribution in [3.05, 3.63) is 29.0 Å². The number of carboxylic acid groups (broad SMARTS) is 1. The highest BCUT2D eigenvalue weighted by Gasteiger charge is 2.45. The van der Waals surface area contributed by atoms with Gasteiger partial charge in [0.1, 0.15) is 6.04 Å². The molecule has 3 atom stereocenters. The molecule has 2 aliphatic rings. The molecule has 0 spiro atoms. The van der Waals surface area contributed by atoms with Gasteiger partial charge in [0, 0.05) is 25.0 Å². The van der Waals surface area contributed by atoms with Crippen LogP contribution in [0.1, 0.15) is 37.7 Å². The highest BCUT2D eigenvalue weighted by Crippen LogP contribution is 2.40. The largest absolute Gasteiger partial charge is 0.480 e. The SMILES string of the molecule is O=C(O)[C@@H]1C[C@@H]2CCCC[C@@H]2N1Cc1ccncc1Cl. The number of rotatable bonds is 3. The van der Waals surface area contributed by atoms with Crippen molar-refractivity contribution in [3.63, 3.8) is 0 Å². The second kappa shape index (κ2) is 5.70. The Morgan fingerprint density at radius 2 is 2.25 bits per heavy atom. The van der Waals surface area contributed by atoms with Gasteiger partial charge in [-0.15, -0.1) is 0 Å². The van der Waals surface area contributed by atoms with Gasteiger partial charge in [-0.1, -0.05) is 24.4 Å². The first-order chi connectivity index (χ1) is 9.66. The van der Waals surface area contributed by atoms with Crippen LogP contribution in [0.2, 0.25) is 5.02 Å². The smallest absolute Gasteiger partial charge is 0.320 e. The number of pyridine rings is 1. The molecular weight excluding hydrogens is 276 g/mol. The van der Waals surface area contributed by atoms with Crippen molar-refractivity contribution >= 4 is 17.6 Å². The van der Waals surface area contributed by atoms with Gasteiger partial charge in [0.25, 0.3) is 0 Å². The molecule has 2 heterocycles. The van der Waals surface area contributed by atoms with Gasteiger partial charge < -0.3 is 5.11 Å². The molecule has 1 N–H and O–H groups in total. The van der Waals surface area contributed by atoms with Crippen LogP contribution in [0.5, 0.6) is 0 Å². The zero-order valence-corrected chi connectivity index (χ0v) is 12.1. The first-order valence-electron chi connectivity index (χ1n) is 7.23. The number of carbonyl (C=O) groups is 1. The molecule has 0 unspecified atom stereocenters. The van der Waals surface area contributed by atoms with E-state index in [0.29, 0.717) is 23.5 Å². The van der Waals surface area contributed by atoms with Crippen molar-refractivity contribution < 1.29 is 9.90 Å². The summed E-state index contributed by atoms with van der Waals surface area (Å²) in [5, 5.41) is 10.1. The van der Waals surface area contributed by atoms with E-state index in [1.165, 1.54) is 12.8 Å². The van der Waals surface area contributed by atoms with Gasteiger partial charge in [-0.25, -0.2) is 0 Å². The van der Waals surface area contributed by atoms with Crippen LogP contribution < -0.4 is 0 Å². The normalized spacial score (nSPS) is 30.1. The lowest BCUT2D eigenvalue weighted by atomic mass is 9.84. The molecule has 1 saturated carbocycles. The van der Waals surface area contributed by atoms with Gasteiger partial charge in [0.2, 0.25) is 0 Å². The second-order valence-electron chi connectivity index (χ2n) is 5.84. The Labute approximate surface area is 123 Å². The standard InChI is InChI=1S/C15H19ClN2O2/c16-12-8-17-6-5-11(12)9-18-13-4-2-1-3-10(13)7-14(18)15(19)20/h5-6,8,10,13-14H,1-4,7,9H2,(H,19,20)/t10-,13-,14-/m0/s1. The third kappa shape index (κ3) is 2.54. The molecule has 108 valence electrons. The summed E-state index contributed by atoms with van der Waals surface area (Å²) in [4.78, 5) is 17.7. The van der Waals surface area contributed by atoms with E-state index in [9.17, 15) is 9.90 Å². The molecule has 1 aliphatic carbocycles. The third-order valence-electron chi connectivity index (χ3n) is 4.72. The molecule has 1 saturated heterocycles. The minimum absolute atomic E-state index is 0.368. The molecule has 4 nitrogen and oxygen atoms in total. The number of likely N-dealkylation sites (tertiary alicyclic amines) is 1. The second-order valence-corrected chi connectivity index (χ2v) is 6.25. The van der Waals surface area contributed by atoms with Crippen LogP contribution in [0.3, 0.4) is 0 Å². The first kappa shape index (κ1) is 13.8. The van der Waals surface area contributed by atoms with Crippen LogP contribution in [-0.2, 0) is 11.3 Å². The van der Waals surface area contributed by atoms with Gasteiger partial charge in [-0.3, -0.25) is 14.7 Å². The number of hydrogen-bond donors (Lipinski definition) is 1. The zero-order valence-electron chi connectivity index (χ0n) is 11.3. The molecule has 3 rings (SSSR count). The summed E-state index contributed by atoms with van der Waals surface area (Å²) in [6, 6.07) is 1.92. The Morgan fingerprint density at radius 1 is 1.45 bits per heavy atom. The predicted octanol–water partition coefficient (Wildman–Crippen LogP) is 2.95. The van der Waals surface area contributed by atoms with E-state index in [0.717, 1.165) is 24.8 Å². The highest BCUT2D eigenvalue weighted by molar-refractivity contribution is 6.31. The van der Waals surface area contributed by atoms with Gasteiger partial charge in [-0.05, 0) is 36.8 Å². The van der Waals surface area contributed by atoms with Gasteiger partial charge in [-0.2, -0.15) is 0 Å². The van der Waals surface area contributed by atoms with Gasteiger partial charge >= 0.3 is 5.97 Å². The van der Waals surface area contributed by atoms with Crippen molar-refractivity contribution in [3.8, 4) is 0 Å². The molecule has 20 heavy (non-hydrogen) atoms. The zero-order chi connectivity index (χ0) is 14.1. The minimum Gasteiger partial charge on any atom is -0.480 e. The number of aliphatic carboxylic acids is 1. The van der Waals surface area contributed by atoms with Crippen LogP contribution >= 0.6 is 11.6 Å². The van der Waals surface area contributed by atoms with E-state index in [1.807, 2.05) is 6.07 Å². The fourth-order valence-electron chi connectivity index (χ4n) is 3.75. The van der Waals surface area contributed by atoms with Crippen LogP contribution in [0.25, 0.3) is 0 Å². The molecule has 0 bridgehead atoms. The fraction of sp³-hybridized carbons (Fsp3) is 0.600. The quantitative estimate of drug-likeness (QED) is 0.931. The molecule has 1 aromatic rings. The fourth-order valence-corrected chi connectivity index (χ4v) is 3.93. The Balaban J connectivity index is 1.84. The van der Waals surface area contributed by atoms with E-state index in [2.05, 4.69) is 9.88 Å². The highest BCUT2D eigenvalue weighted by atomic mass is 35.5. The van der Waals surface area contributed by atoms with Gasteiger partial charge in [0.05, 0.1) is 5.02 Å². The number of nitrogens with zero attached hydrogens (tertiary/aromatic N) is 2. The molecule has 5 heteroatoms. The lowest BCUT2D eigenvalue weighted by molar-refractivity contribution is -0.142. The van der Waals surface area contributed by atoms with E-state index in [4.69, 9.17) is 11.6 Å². The maximum Gasteiger partial charge on any atom is 0.320 e. The van der Waals surface area contributed by atoms with E-state index >= 15 is 0 Å². The minimum atomic E-state index is -0.704. The third-order valence-corrected chi connectivity index (χ3v) is 5.06. The van der Waals surface area contributed by atoms with Crippen molar-refractivity contribution in [2.45, 2.75) is 50.7 Å². The van der Waals surface area contributed by atoms with Crippen molar-refractivity contribution in [1.29, 1.82) is 0 Å². The first-order valence-corrected chi connectivity index (χ1v) is 7.61. The molecule has 0 aromatic carbocycles. The summed E-state index contributed by atoms with van der Waals surface area (Å²) in [6.07, 6.45) is 8.83. The van der Waals surface area contributed by atoms with Crippen LogP contribution in [-0.4, -0.2) is 33.0 Å². The maximum atomic E-state index is 11.5. The molecule has 0 radical (unpaired) electrons. The maximum absolute atomic E-state index is 11.5. The van der Waals surface area contributed by atoms with E-state index in [-0.39, 0.29) is 6.04 Å². The lowest BCUT2D eigenvalue weighted by Crippen LogP contribution is -2.41. The van der Waals surface area contributed by atoms with Crippen LogP contribution in [0.15, 0.2) is 18.5 Å². The molecular formula is C15H19ClN2O2. The lowest BCUT2D eigenvalue weighted by Gasteiger charge is -2.33. The summed E-state index contributed by atoms with van der Waals surface area (Å²) >= 11 is 6.17. The Hall–Kier alpha value is -1.13. The van der Waals surface area contributed by atoms with Gasteiger partial charge in [0.15, 0.2) is 0 Å². The molecule has 1 aliphatic heterocycles. The number of carboxylic acids is 1.